The van der Waals surface area contributed by atoms with Gasteiger partial charge in [-0.15, -0.1) is 0 Å². The molecule has 0 saturated carbocycles. The minimum Gasteiger partial charge on any atom is -0.352 e. The number of nitrogens with one attached hydrogen (secondary N) is 1. The summed E-state index contributed by atoms with van der Waals surface area (Å²) in [7, 11) is 0. The number of amides is 2. The Labute approximate surface area is 182 Å². The predicted molar refractivity (Wildman–Crippen MR) is 121 cm³/mol. The number of hydrogen-bond donors (Lipinski definition) is 1. The molecule has 2 heterocycles. The summed E-state index contributed by atoms with van der Waals surface area (Å²) in [5, 5.41) is 3.08. The third-order valence-electron chi connectivity index (χ3n) is 6.44. The summed E-state index contributed by atoms with van der Waals surface area (Å²) in [6.45, 7) is 13.8. The molecule has 0 radical (unpaired) electrons. The van der Waals surface area contributed by atoms with Crippen LogP contribution in [0.15, 0.2) is 24.3 Å². The number of benzene rings is 1. The van der Waals surface area contributed by atoms with Crippen molar-refractivity contribution in [3.63, 3.8) is 0 Å². The zero-order valence-electron chi connectivity index (χ0n) is 19.2. The molecule has 2 saturated heterocycles. The van der Waals surface area contributed by atoms with E-state index in [2.05, 4.69) is 48.3 Å². The summed E-state index contributed by atoms with van der Waals surface area (Å²) < 4.78 is 0. The second-order valence-electron chi connectivity index (χ2n) is 9.95. The number of rotatable bonds is 6. The standard InChI is InChI=1S/C25H39N3O2/c1-18(2)25(30)28-11-5-6-23(17-28)24(29)26-13-21-7-9-22(10-8-21)16-27-14-19(3)12-20(4)15-27/h7-10,18-20,23H,5-6,11-17H2,1-4H3,(H,26,29). The van der Waals surface area contributed by atoms with E-state index in [0.29, 0.717) is 13.1 Å². The van der Waals surface area contributed by atoms with Gasteiger partial charge in [-0.3, -0.25) is 14.5 Å². The Kier molecular flexibility index (Phi) is 7.93. The molecular formula is C25H39N3O2. The van der Waals surface area contributed by atoms with E-state index >= 15 is 0 Å². The van der Waals surface area contributed by atoms with Crippen molar-refractivity contribution in [2.24, 2.45) is 23.7 Å². The van der Waals surface area contributed by atoms with Crippen molar-refractivity contribution in [1.82, 2.24) is 15.1 Å². The maximum atomic E-state index is 12.6. The Morgan fingerprint density at radius 2 is 1.67 bits per heavy atom. The first kappa shape index (κ1) is 22.8. The molecule has 2 amide bonds. The lowest BCUT2D eigenvalue weighted by Crippen LogP contribution is -2.46. The largest absolute Gasteiger partial charge is 0.352 e. The van der Waals surface area contributed by atoms with Crippen molar-refractivity contribution in [2.45, 2.75) is 60.0 Å². The summed E-state index contributed by atoms with van der Waals surface area (Å²) in [4.78, 5) is 29.3. The van der Waals surface area contributed by atoms with E-state index in [1.54, 1.807) is 0 Å². The number of carbonyl (C=O) groups excluding carboxylic acids is 2. The second kappa shape index (κ2) is 10.4. The van der Waals surface area contributed by atoms with Crippen LogP contribution >= 0.6 is 0 Å². The Morgan fingerprint density at radius 3 is 2.30 bits per heavy atom. The van der Waals surface area contributed by atoms with Gasteiger partial charge in [-0.05, 0) is 42.2 Å². The van der Waals surface area contributed by atoms with E-state index in [4.69, 9.17) is 0 Å². The van der Waals surface area contributed by atoms with Crippen LogP contribution in [0.4, 0.5) is 0 Å². The van der Waals surface area contributed by atoms with Crippen LogP contribution < -0.4 is 5.32 Å². The van der Waals surface area contributed by atoms with Crippen LogP contribution in [0.2, 0.25) is 0 Å². The van der Waals surface area contributed by atoms with Gasteiger partial charge in [0, 0.05) is 45.2 Å². The van der Waals surface area contributed by atoms with Crippen molar-refractivity contribution < 1.29 is 9.59 Å². The first-order valence-electron chi connectivity index (χ1n) is 11.7. The lowest BCUT2D eigenvalue weighted by Gasteiger charge is -2.35. The van der Waals surface area contributed by atoms with E-state index in [9.17, 15) is 9.59 Å². The Bertz CT molecular complexity index is 706. The lowest BCUT2D eigenvalue weighted by molar-refractivity contribution is -0.138. The van der Waals surface area contributed by atoms with Gasteiger partial charge in [-0.25, -0.2) is 0 Å². The van der Waals surface area contributed by atoms with Crippen molar-refractivity contribution in [2.75, 3.05) is 26.2 Å². The molecule has 5 nitrogen and oxygen atoms in total. The van der Waals surface area contributed by atoms with Crippen LogP contribution in [-0.2, 0) is 22.7 Å². The molecule has 0 aliphatic carbocycles. The number of piperidine rings is 2. The van der Waals surface area contributed by atoms with E-state index in [-0.39, 0.29) is 23.7 Å². The number of carbonyl (C=O) groups is 2. The third kappa shape index (κ3) is 6.31. The summed E-state index contributed by atoms with van der Waals surface area (Å²) in [5.74, 6) is 1.66. The Hall–Kier alpha value is -1.88. The Morgan fingerprint density at radius 1 is 1.03 bits per heavy atom. The van der Waals surface area contributed by atoms with E-state index in [0.717, 1.165) is 43.3 Å². The molecule has 166 valence electrons. The molecule has 5 heteroatoms. The van der Waals surface area contributed by atoms with E-state index in [1.165, 1.54) is 25.1 Å². The SMILES string of the molecule is CC1CC(C)CN(Cc2ccc(CNC(=O)C3CCCN(C(=O)C(C)C)C3)cc2)C1. The molecule has 30 heavy (non-hydrogen) atoms. The van der Waals surface area contributed by atoms with Crippen molar-refractivity contribution in [3.8, 4) is 0 Å². The van der Waals surface area contributed by atoms with Crippen LogP contribution in [-0.4, -0.2) is 47.8 Å². The summed E-state index contributed by atoms with van der Waals surface area (Å²) >= 11 is 0. The summed E-state index contributed by atoms with van der Waals surface area (Å²) in [6.07, 6.45) is 3.10. The molecular weight excluding hydrogens is 374 g/mol. The minimum atomic E-state index is -0.0937. The number of nitrogens with zero attached hydrogens (tertiary/aromatic N) is 2. The molecule has 1 aromatic rings. The van der Waals surface area contributed by atoms with Gasteiger partial charge >= 0.3 is 0 Å². The topological polar surface area (TPSA) is 52.7 Å². The smallest absolute Gasteiger partial charge is 0.225 e. The molecule has 1 aromatic carbocycles. The quantitative estimate of drug-likeness (QED) is 0.774. The van der Waals surface area contributed by atoms with Crippen LogP contribution in [0.5, 0.6) is 0 Å². The van der Waals surface area contributed by atoms with Gasteiger partial charge in [0.25, 0.3) is 0 Å². The maximum Gasteiger partial charge on any atom is 0.225 e. The van der Waals surface area contributed by atoms with Crippen molar-refractivity contribution in [3.05, 3.63) is 35.4 Å². The normalized spacial score (nSPS) is 25.4. The van der Waals surface area contributed by atoms with Gasteiger partial charge in [0.1, 0.15) is 0 Å². The fourth-order valence-corrected chi connectivity index (χ4v) is 5.03. The molecule has 0 aromatic heterocycles. The van der Waals surface area contributed by atoms with Crippen LogP contribution in [0.25, 0.3) is 0 Å². The molecule has 3 rings (SSSR count). The first-order valence-corrected chi connectivity index (χ1v) is 11.7. The highest BCUT2D eigenvalue weighted by Gasteiger charge is 2.29. The van der Waals surface area contributed by atoms with Crippen molar-refractivity contribution in [1.29, 1.82) is 0 Å². The number of likely N-dealkylation sites (tertiary alicyclic amines) is 2. The fraction of sp³-hybridized carbons (Fsp3) is 0.680. The number of hydrogen-bond acceptors (Lipinski definition) is 3. The zero-order valence-corrected chi connectivity index (χ0v) is 19.2. The molecule has 2 aliphatic rings. The summed E-state index contributed by atoms with van der Waals surface area (Å²) in [6, 6.07) is 8.63. The molecule has 1 N–H and O–H groups in total. The maximum absolute atomic E-state index is 12.6. The average Bonchev–Trinajstić information content (AvgIpc) is 2.71. The average molecular weight is 414 g/mol. The predicted octanol–water partition coefficient (Wildman–Crippen LogP) is 3.68. The van der Waals surface area contributed by atoms with Crippen molar-refractivity contribution >= 4 is 11.8 Å². The van der Waals surface area contributed by atoms with E-state index < -0.39 is 0 Å². The third-order valence-corrected chi connectivity index (χ3v) is 6.44. The molecule has 3 unspecified atom stereocenters. The minimum absolute atomic E-state index is 0.0123. The van der Waals surface area contributed by atoms with Crippen LogP contribution in [0.3, 0.4) is 0 Å². The van der Waals surface area contributed by atoms with E-state index in [1.807, 2.05) is 18.7 Å². The van der Waals surface area contributed by atoms with Gasteiger partial charge in [0.05, 0.1) is 5.92 Å². The van der Waals surface area contributed by atoms with Crippen LogP contribution in [0, 0.1) is 23.7 Å². The highest BCUT2D eigenvalue weighted by molar-refractivity contribution is 5.82. The molecule has 2 aliphatic heterocycles. The fourth-order valence-electron chi connectivity index (χ4n) is 5.03. The first-order chi connectivity index (χ1) is 14.3. The molecule has 0 spiro atoms. The Balaban J connectivity index is 1.46. The monoisotopic (exact) mass is 413 g/mol. The second-order valence-corrected chi connectivity index (χ2v) is 9.95. The van der Waals surface area contributed by atoms with Gasteiger partial charge in [0.2, 0.25) is 11.8 Å². The van der Waals surface area contributed by atoms with Gasteiger partial charge in [0.15, 0.2) is 0 Å². The van der Waals surface area contributed by atoms with Gasteiger partial charge in [-0.1, -0.05) is 52.0 Å². The molecule has 3 atom stereocenters. The lowest BCUT2D eigenvalue weighted by atomic mass is 9.91. The van der Waals surface area contributed by atoms with Crippen LogP contribution in [0.1, 0.15) is 58.1 Å². The molecule has 0 bridgehead atoms. The summed E-state index contributed by atoms with van der Waals surface area (Å²) in [5.41, 5.74) is 2.46. The highest BCUT2D eigenvalue weighted by atomic mass is 16.2. The highest BCUT2D eigenvalue weighted by Crippen LogP contribution is 2.23. The van der Waals surface area contributed by atoms with Gasteiger partial charge < -0.3 is 10.2 Å². The van der Waals surface area contributed by atoms with Gasteiger partial charge in [-0.2, -0.15) is 0 Å². The molecule has 2 fully saturated rings. The zero-order chi connectivity index (χ0) is 21.7.